The van der Waals surface area contributed by atoms with E-state index in [-0.39, 0.29) is 0 Å². The van der Waals surface area contributed by atoms with Gasteiger partial charge < -0.3 is 4.74 Å². The summed E-state index contributed by atoms with van der Waals surface area (Å²) >= 11 is 0. The summed E-state index contributed by atoms with van der Waals surface area (Å²) in [5.74, 6) is 1.58. The van der Waals surface area contributed by atoms with Crippen LogP contribution >= 0.6 is 0 Å². The van der Waals surface area contributed by atoms with E-state index in [1.165, 1.54) is 64.2 Å². The lowest BCUT2D eigenvalue weighted by molar-refractivity contribution is -0.362. The Morgan fingerprint density at radius 1 is 0.632 bits per heavy atom. The molecule has 0 amide bonds. The monoisotopic (exact) mass is 268 g/mol. The van der Waals surface area contributed by atoms with E-state index in [0.29, 0.717) is 18.3 Å². The van der Waals surface area contributed by atoms with Crippen LogP contribution < -0.4 is 0 Å². The lowest BCUT2D eigenvalue weighted by Gasteiger charge is -2.41. The molecule has 110 valence electrons. The maximum absolute atomic E-state index is 5.79. The predicted octanol–water partition coefficient (Wildman–Crippen LogP) is 3.86. The van der Waals surface area contributed by atoms with Gasteiger partial charge in [-0.25, -0.2) is 9.78 Å². The molecule has 3 saturated carbocycles. The molecule has 2 unspecified atom stereocenters. The summed E-state index contributed by atoms with van der Waals surface area (Å²) in [4.78, 5) is 11.5. The molecule has 0 aromatic carbocycles. The van der Waals surface area contributed by atoms with Crippen LogP contribution in [0.25, 0.3) is 0 Å². The average Bonchev–Trinajstić information content (AvgIpc) is 2.45. The molecule has 3 nitrogen and oxygen atoms in total. The van der Waals surface area contributed by atoms with Crippen LogP contribution in [0.1, 0.15) is 64.2 Å². The molecule has 0 N–H and O–H groups in total. The minimum atomic E-state index is 0.337. The molecule has 19 heavy (non-hydrogen) atoms. The Kier molecular flexibility index (Phi) is 4.78. The second kappa shape index (κ2) is 6.55. The summed E-state index contributed by atoms with van der Waals surface area (Å²) in [6.45, 7) is 0. The Bertz CT molecular complexity index is 261. The Balaban J connectivity index is 1.43. The van der Waals surface area contributed by atoms with Gasteiger partial charge in [-0.3, -0.25) is 0 Å². The van der Waals surface area contributed by atoms with Gasteiger partial charge in [0.2, 0.25) is 0 Å². The standard InChI is InChI=1S/C16H28O3/c1-17-15-8-12-7-13(9-15)11-16(10-12)19-18-14-5-3-2-4-6-14/h12-16H,2-11H2,1H3. The zero-order valence-electron chi connectivity index (χ0n) is 12.2. The Morgan fingerprint density at radius 3 is 1.84 bits per heavy atom. The summed E-state index contributed by atoms with van der Waals surface area (Å²) in [6, 6.07) is 0. The predicted molar refractivity (Wildman–Crippen MR) is 73.7 cm³/mol. The molecule has 0 radical (unpaired) electrons. The van der Waals surface area contributed by atoms with Crippen molar-refractivity contribution in [2.75, 3.05) is 7.11 Å². The Labute approximate surface area is 116 Å². The minimum absolute atomic E-state index is 0.337. The third kappa shape index (κ3) is 3.71. The fraction of sp³-hybridized carbons (Fsp3) is 1.00. The van der Waals surface area contributed by atoms with Gasteiger partial charge in [-0.2, -0.15) is 0 Å². The molecule has 3 rings (SSSR count). The van der Waals surface area contributed by atoms with Crippen LogP contribution in [0, 0.1) is 11.8 Å². The highest BCUT2D eigenvalue weighted by atomic mass is 17.2. The summed E-state index contributed by atoms with van der Waals surface area (Å²) < 4.78 is 5.55. The number of hydrogen-bond donors (Lipinski definition) is 0. The average molecular weight is 268 g/mol. The minimum Gasteiger partial charge on any atom is -0.381 e. The molecule has 2 atom stereocenters. The molecule has 0 aromatic rings. The van der Waals surface area contributed by atoms with Gasteiger partial charge in [0.05, 0.1) is 18.3 Å². The van der Waals surface area contributed by atoms with Crippen LogP contribution in [0.3, 0.4) is 0 Å². The molecule has 3 aliphatic rings. The van der Waals surface area contributed by atoms with Gasteiger partial charge in [-0.1, -0.05) is 19.3 Å². The van der Waals surface area contributed by atoms with Crippen molar-refractivity contribution < 1.29 is 14.5 Å². The summed E-state index contributed by atoms with van der Waals surface area (Å²) in [5.41, 5.74) is 0. The lowest BCUT2D eigenvalue weighted by Crippen LogP contribution is -2.38. The first-order chi connectivity index (χ1) is 9.33. The van der Waals surface area contributed by atoms with Crippen LogP contribution in [0.2, 0.25) is 0 Å². The second-order valence-electron chi connectivity index (χ2n) is 6.84. The SMILES string of the molecule is COC1CC2CC(C1)CC(OOC1CCCCC1)C2. The summed E-state index contributed by atoms with van der Waals surface area (Å²) in [7, 11) is 1.85. The summed E-state index contributed by atoms with van der Waals surface area (Å²) in [5, 5.41) is 0. The fourth-order valence-electron chi connectivity index (χ4n) is 4.32. The second-order valence-corrected chi connectivity index (χ2v) is 6.84. The molecular formula is C16H28O3. The van der Waals surface area contributed by atoms with Gasteiger partial charge in [0, 0.05) is 7.11 Å². The highest BCUT2D eigenvalue weighted by Crippen LogP contribution is 2.42. The fourth-order valence-corrected chi connectivity index (χ4v) is 4.32. The summed E-state index contributed by atoms with van der Waals surface area (Å²) in [6.07, 6.45) is 13.7. The first-order valence-corrected chi connectivity index (χ1v) is 8.18. The Hall–Kier alpha value is -0.120. The Morgan fingerprint density at radius 2 is 1.21 bits per heavy atom. The van der Waals surface area contributed by atoms with Crippen molar-refractivity contribution in [3.05, 3.63) is 0 Å². The van der Waals surface area contributed by atoms with Crippen molar-refractivity contribution in [1.29, 1.82) is 0 Å². The smallest absolute Gasteiger partial charge is 0.0935 e. The number of fused-ring (bicyclic) bond motifs is 2. The molecule has 0 aliphatic heterocycles. The van der Waals surface area contributed by atoms with Crippen molar-refractivity contribution >= 4 is 0 Å². The molecule has 0 spiro atoms. The van der Waals surface area contributed by atoms with E-state index in [0.717, 1.165) is 11.8 Å². The molecule has 3 heteroatoms. The molecule has 0 aromatic heterocycles. The molecule has 0 heterocycles. The zero-order valence-corrected chi connectivity index (χ0v) is 12.2. The quantitative estimate of drug-likeness (QED) is 0.572. The van der Waals surface area contributed by atoms with Gasteiger partial charge in [0.1, 0.15) is 0 Å². The van der Waals surface area contributed by atoms with Gasteiger partial charge in [0.15, 0.2) is 0 Å². The van der Waals surface area contributed by atoms with Crippen LogP contribution in [-0.4, -0.2) is 25.4 Å². The third-order valence-corrected chi connectivity index (χ3v) is 5.26. The number of methoxy groups -OCH3 is 1. The van der Waals surface area contributed by atoms with Crippen LogP contribution in [0.4, 0.5) is 0 Å². The van der Waals surface area contributed by atoms with Crippen LogP contribution in [-0.2, 0) is 14.5 Å². The molecule has 3 aliphatic carbocycles. The number of hydrogen-bond acceptors (Lipinski definition) is 3. The highest BCUT2D eigenvalue weighted by molar-refractivity contribution is 4.87. The third-order valence-electron chi connectivity index (χ3n) is 5.26. The molecule has 3 fully saturated rings. The first-order valence-electron chi connectivity index (χ1n) is 8.18. The largest absolute Gasteiger partial charge is 0.381 e. The van der Waals surface area contributed by atoms with Gasteiger partial charge in [-0.05, 0) is 56.8 Å². The van der Waals surface area contributed by atoms with E-state index in [9.17, 15) is 0 Å². The van der Waals surface area contributed by atoms with E-state index in [2.05, 4.69) is 0 Å². The van der Waals surface area contributed by atoms with E-state index >= 15 is 0 Å². The van der Waals surface area contributed by atoms with Crippen molar-refractivity contribution in [2.45, 2.75) is 82.5 Å². The van der Waals surface area contributed by atoms with Gasteiger partial charge >= 0.3 is 0 Å². The van der Waals surface area contributed by atoms with Crippen molar-refractivity contribution in [2.24, 2.45) is 11.8 Å². The van der Waals surface area contributed by atoms with E-state index in [1.807, 2.05) is 7.11 Å². The first kappa shape index (κ1) is 13.8. The highest BCUT2D eigenvalue weighted by Gasteiger charge is 2.37. The van der Waals surface area contributed by atoms with Crippen LogP contribution in [0.5, 0.6) is 0 Å². The lowest BCUT2D eigenvalue weighted by atomic mass is 9.70. The number of rotatable bonds is 4. The molecular weight excluding hydrogens is 240 g/mol. The normalized spacial score (nSPS) is 40.3. The number of ether oxygens (including phenoxy) is 1. The zero-order chi connectivity index (χ0) is 13.1. The van der Waals surface area contributed by atoms with E-state index < -0.39 is 0 Å². The maximum Gasteiger partial charge on any atom is 0.0935 e. The molecule has 2 bridgehead atoms. The maximum atomic E-state index is 5.79. The van der Waals surface area contributed by atoms with Gasteiger partial charge in [-0.15, -0.1) is 0 Å². The van der Waals surface area contributed by atoms with Crippen molar-refractivity contribution in [3.63, 3.8) is 0 Å². The van der Waals surface area contributed by atoms with Crippen LogP contribution in [0.15, 0.2) is 0 Å². The molecule has 0 saturated heterocycles. The topological polar surface area (TPSA) is 27.7 Å². The van der Waals surface area contributed by atoms with Crippen molar-refractivity contribution in [3.8, 4) is 0 Å². The van der Waals surface area contributed by atoms with E-state index in [1.54, 1.807) is 0 Å². The van der Waals surface area contributed by atoms with Crippen molar-refractivity contribution in [1.82, 2.24) is 0 Å². The van der Waals surface area contributed by atoms with Gasteiger partial charge in [0.25, 0.3) is 0 Å². The van der Waals surface area contributed by atoms with E-state index in [4.69, 9.17) is 14.5 Å².